The van der Waals surface area contributed by atoms with Crippen LogP contribution in [-0.4, -0.2) is 57.7 Å². The van der Waals surface area contributed by atoms with E-state index in [1.165, 1.54) is 0 Å². The maximum atomic E-state index is 12.6. The largest absolute Gasteiger partial charge is 0.480 e. The predicted octanol–water partition coefficient (Wildman–Crippen LogP) is 1.18. The van der Waals surface area contributed by atoms with Crippen LogP contribution >= 0.6 is 11.8 Å². The Kier molecular flexibility index (Phi) is 5.36. The molecule has 0 spiro atoms. The molecule has 136 valence electrons. The summed E-state index contributed by atoms with van der Waals surface area (Å²) in [6, 6.07) is 4.09. The zero-order valence-electron chi connectivity index (χ0n) is 14.2. The van der Waals surface area contributed by atoms with Crippen LogP contribution in [-0.2, 0) is 11.3 Å². The lowest BCUT2D eigenvalue weighted by Crippen LogP contribution is -2.54. The number of likely N-dealkylation sites (tertiary alicyclic amines) is 1. The van der Waals surface area contributed by atoms with Crippen LogP contribution in [0, 0.1) is 5.92 Å². The van der Waals surface area contributed by atoms with Gasteiger partial charge in [-0.2, -0.15) is 11.8 Å². The highest BCUT2D eigenvalue weighted by molar-refractivity contribution is 7.98. The topological polar surface area (TPSA) is 91.6 Å². The van der Waals surface area contributed by atoms with Crippen molar-refractivity contribution >= 4 is 23.8 Å². The van der Waals surface area contributed by atoms with Gasteiger partial charge in [-0.1, -0.05) is 6.07 Å². The molecule has 25 heavy (non-hydrogen) atoms. The molecular weight excluding hydrogens is 342 g/mol. The van der Waals surface area contributed by atoms with Gasteiger partial charge in [0.25, 0.3) is 5.56 Å². The van der Waals surface area contributed by atoms with Crippen molar-refractivity contribution in [3.63, 3.8) is 0 Å². The molecule has 2 aliphatic heterocycles. The number of nitrogens with one attached hydrogen (secondary N) is 1. The van der Waals surface area contributed by atoms with E-state index in [2.05, 4.69) is 5.32 Å². The highest BCUT2D eigenvalue weighted by Gasteiger charge is 2.37. The van der Waals surface area contributed by atoms with Crippen molar-refractivity contribution in [2.45, 2.75) is 31.3 Å². The van der Waals surface area contributed by atoms with Gasteiger partial charge < -0.3 is 19.9 Å². The minimum absolute atomic E-state index is 0.00751. The van der Waals surface area contributed by atoms with Gasteiger partial charge in [-0.25, -0.2) is 9.59 Å². The number of nitrogens with zero attached hydrogens (tertiary/aromatic N) is 2. The predicted molar refractivity (Wildman–Crippen MR) is 96.1 cm³/mol. The molecular formula is C17H23N3O4S. The van der Waals surface area contributed by atoms with Gasteiger partial charge in [0.2, 0.25) is 0 Å². The number of carboxylic acid groups (broad SMARTS) is 1. The fourth-order valence-electron chi connectivity index (χ4n) is 3.80. The summed E-state index contributed by atoms with van der Waals surface area (Å²) in [5.74, 6) is 0.0309. The van der Waals surface area contributed by atoms with Gasteiger partial charge >= 0.3 is 12.0 Å². The number of aliphatic carboxylic acids is 1. The number of amides is 2. The number of carbonyl (C=O) groups excluding carboxylic acids is 1. The van der Waals surface area contributed by atoms with Crippen LogP contribution < -0.4 is 10.9 Å². The van der Waals surface area contributed by atoms with Crippen LogP contribution in [0.15, 0.2) is 23.0 Å². The summed E-state index contributed by atoms with van der Waals surface area (Å²) >= 11 is 1.56. The van der Waals surface area contributed by atoms with Gasteiger partial charge in [0, 0.05) is 37.3 Å². The molecule has 2 N–H and O–H groups in total. The standard InChI is InChI=1S/C17H23N3O4S/c1-25-6-5-13(16(22)23)18-17(24)19-8-11-7-12(10-19)14-3-2-4-15(21)20(14)9-11/h2-4,11-13H,5-10H2,1H3,(H,18,24)(H,22,23)/t11-,12-,13+/m0/s1. The number of fused-ring (bicyclic) bond motifs is 4. The SMILES string of the molecule is CSCC[C@@H](NC(=O)N1C[C@@H]2C[C@@H](C1)c1cccc(=O)n1C2)C(=O)O. The average Bonchev–Trinajstić information content (AvgIpc) is 2.59. The van der Waals surface area contributed by atoms with E-state index in [1.807, 2.05) is 16.9 Å². The molecule has 3 rings (SSSR count). The molecule has 7 nitrogen and oxygen atoms in total. The van der Waals surface area contributed by atoms with Crippen LogP contribution in [0.2, 0.25) is 0 Å². The Hall–Kier alpha value is -1.96. The van der Waals surface area contributed by atoms with Gasteiger partial charge in [-0.3, -0.25) is 4.79 Å². The van der Waals surface area contributed by atoms with Crippen molar-refractivity contribution in [1.29, 1.82) is 0 Å². The van der Waals surface area contributed by atoms with Crippen LogP contribution in [0.25, 0.3) is 0 Å². The molecule has 0 aliphatic carbocycles. The van der Waals surface area contributed by atoms with E-state index in [1.54, 1.807) is 28.8 Å². The molecule has 0 radical (unpaired) electrons. The molecule has 0 aromatic carbocycles. The van der Waals surface area contributed by atoms with E-state index in [0.29, 0.717) is 31.8 Å². The van der Waals surface area contributed by atoms with Gasteiger partial charge in [0.15, 0.2) is 0 Å². The number of aromatic nitrogens is 1. The first-order valence-electron chi connectivity index (χ1n) is 8.46. The number of thioether (sulfide) groups is 1. The first-order chi connectivity index (χ1) is 12.0. The normalized spacial score (nSPS) is 22.8. The Morgan fingerprint density at radius 2 is 2.16 bits per heavy atom. The third-order valence-corrected chi connectivity index (χ3v) is 5.62. The van der Waals surface area contributed by atoms with Crippen LogP contribution in [0.3, 0.4) is 0 Å². The number of carboxylic acids is 1. The molecule has 1 aromatic heterocycles. The Morgan fingerprint density at radius 3 is 2.88 bits per heavy atom. The second-order valence-electron chi connectivity index (χ2n) is 6.72. The maximum Gasteiger partial charge on any atom is 0.326 e. The molecule has 2 aliphatic rings. The van der Waals surface area contributed by atoms with Crippen molar-refractivity contribution in [3.8, 4) is 0 Å². The molecule has 1 aromatic rings. The number of hydrogen-bond donors (Lipinski definition) is 2. The minimum Gasteiger partial charge on any atom is -0.480 e. The van der Waals surface area contributed by atoms with E-state index in [4.69, 9.17) is 0 Å². The average molecular weight is 365 g/mol. The lowest BCUT2D eigenvalue weighted by Gasteiger charge is -2.42. The number of piperidine rings is 1. The van der Waals surface area contributed by atoms with Crippen molar-refractivity contribution in [1.82, 2.24) is 14.8 Å². The van der Waals surface area contributed by atoms with Gasteiger partial charge in [-0.05, 0) is 36.8 Å². The van der Waals surface area contributed by atoms with E-state index >= 15 is 0 Å². The Morgan fingerprint density at radius 1 is 1.36 bits per heavy atom. The summed E-state index contributed by atoms with van der Waals surface area (Å²) in [5, 5.41) is 11.9. The van der Waals surface area contributed by atoms with E-state index in [-0.39, 0.29) is 23.4 Å². The van der Waals surface area contributed by atoms with Crippen molar-refractivity contribution < 1.29 is 14.7 Å². The van der Waals surface area contributed by atoms with E-state index in [0.717, 1.165) is 12.1 Å². The third-order valence-electron chi connectivity index (χ3n) is 4.97. The summed E-state index contributed by atoms with van der Waals surface area (Å²) in [7, 11) is 0. The third kappa shape index (κ3) is 3.84. The van der Waals surface area contributed by atoms with Crippen LogP contribution in [0.5, 0.6) is 0 Å². The molecule has 2 amide bonds. The van der Waals surface area contributed by atoms with Crippen LogP contribution in [0.4, 0.5) is 4.79 Å². The fourth-order valence-corrected chi connectivity index (χ4v) is 4.27. The minimum atomic E-state index is -1.00. The second-order valence-corrected chi connectivity index (χ2v) is 7.71. The number of carbonyl (C=O) groups is 2. The van der Waals surface area contributed by atoms with Crippen LogP contribution in [0.1, 0.15) is 24.5 Å². The molecule has 3 atom stereocenters. The number of hydrogen-bond acceptors (Lipinski definition) is 4. The summed E-state index contributed by atoms with van der Waals surface area (Å²) in [6.07, 6.45) is 3.27. The Bertz CT molecular complexity index is 720. The van der Waals surface area contributed by atoms with Gasteiger partial charge in [0.1, 0.15) is 6.04 Å². The second kappa shape index (κ2) is 7.51. The first-order valence-corrected chi connectivity index (χ1v) is 9.86. The first kappa shape index (κ1) is 17.8. The Balaban J connectivity index is 1.70. The zero-order chi connectivity index (χ0) is 18.0. The van der Waals surface area contributed by atoms with Crippen molar-refractivity contribution in [3.05, 3.63) is 34.2 Å². The smallest absolute Gasteiger partial charge is 0.326 e. The zero-order valence-corrected chi connectivity index (χ0v) is 15.0. The van der Waals surface area contributed by atoms with Gasteiger partial charge in [-0.15, -0.1) is 0 Å². The van der Waals surface area contributed by atoms with E-state index < -0.39 is 12.0 Å². The summed E-state index contributed by atoms with van der Waals surface area (Å²) < 4.78 is 1.81. The number of urea groups is 1. The summed E-state index contributed by atoms with van der Waals surface area (Å²) in [6.45, 7) is 1.68. The maximum absolute atomic E-state index is 12.6. The lowest BCUT2D eigenvalue weighted by atomic mass is 9.83. The van der Waals surface area contributed by atoms with Crippen molar-refractivity contribution in [2.75, 3.05) is 25.1 Å². The highest BCUT2D eigenvalue weighted by Crippen LogP contribution is 2.34. The Labute approximate surface area is 150 Å². The molecule has 1 fully saturated rings. The van der Waals surface area contributed by atoms with Crippen molar-refractivity contribution in [2.24, 2.45) is 5.92 Å². The highest BCUT2D eigenvalue weighted by atomic mass is 32.2. The molecule has 8 heteroatoms. The van der Waals surface area contributed by atoms with Gasteiger partial charge in [0.05, 0.1) is 0 Å². The van der Waals surface area contributed by atoms with E-state index in [9.17, 15) is 19.5 Å². The monoisotopic (exact) mass is 365 g/mol. The number of pyridine rings is 1. The number of rotatable bonds is 5. The fraction of sp³-hybridized carbons (Fsp3) is 0.588. The molecule has 2 bridgehead atoms. The molecule has 1 saturated heterocycles. The summed E-state index contributed by atoms with van der Waals surface area (Å²) in [4.78, 5) is 37.6. The lowest BCUT2D eigenvalue weighted by molar-refractivity contribution is -0.139. The molecule has 0 saturated carbocycles. The summed E-state index contributed by atoms with van der Waals surface area (Å²) in [5.41, 5.74) is 0.978. The quantitative estimate of drug-likeness (QED) is 0.818. The molecule has 0 unspecified atom stereocenters. The molecule has 3 heterocycles.